The number of furan rings is 1. The van der Waals surface area contributed by atoms with E-state index in [2.05, 4.69) is 21.9 Å². The standard InChI is InChI=1S/C21H17N3O2S2/c1-2-11-27-17-10-6-4-8-15(17)24-18(25)12-28-21-20-19(22-13-23-21)14-7-3-5-9-16(14)26-20/h2-10,13H,1,11-12H2,(H,24,25). The third kappa shape index (κ3) is 3.90. The van der Waals surface area contributed by atoms with E-state index in [1.807, 2.05) is 54.6 Å². The molecule has 140 valence electrons. The average molecular weight is 408 g/mol. The van der Waals surface area contributed by atoms with Crippen molar-refractivity contribution in [2.45, 2.75) is 9.92 Å². The van der Waals surface area contributed by atoms with Gasteiger partial charge in [0.1, 0.15) is 22.5 Å². The number of aromatic nitrogens is 2. The number of anilines is 1. The van der Waals surface area contributed by atoms with Gasteiger partial charge in [0.05, 0.1) is 11.4 Å². The van der Waals surface area contributed by atoms with Crippen LogP contribution in [0.25, 0.3) is 22.1 Å². The van der Waals surface area contributed by atoms with Gasteiger partial charge in [-0.3, -0.25) is 4.79 Å². The summed E-state index contributed by atoms with van der Waals surface area (Å²) in [6.07, 6.45) is 3.35. The van der Waals surface area contributed by atoms with Crippen molar-refractivity contribution in [1.29, 1.82) is 0 Å². The third-order valence-corrected chi connectivity index (χ3v) is 6.02. The van der Waals surface area contributed by atoms with Crippen molar-refractivity contribution in [3.05, 3.63) is 67.5 Å². The number of nitrogens with zero attached hydrogens (tertiary/aromatic N) is 2. The molecule has 28 heavy (non-hydrogen) atoms. The zero-order valence-corrected chi connectivity index (χ0v) is 16.6. The molecule has 4 aromatic rings. The second-order valence-corrected chi connectivity index (χ2v) is 7.91. The molecule has 0 spiro atoms. The summed E-state index contributed by atoms with van der Waals surface area (Å²) >= 11 is 2.97. The van der Waals surface area contributed by atoms with Crippen molar-refractivity contribution in [2.24, 2.45) is 0 Å². The number of nitrogens with one attached hydrogen (secondary N) is 1. The number of fused-ring (bicyclic) bond motifs is 3. The first-order valence-electron chi connectivity index (χ1n) is 8.64. The Kier molecular flexibility index (Phi) is 5.64. The molecule has 2 heterocycles. The molecule has 0 saturated carbocycles. The van der Waals surface area contributed by atoms with Crippen LogP contribution >= 0.6 is 23.5 Å². The molecule has 0 aliphatic heterocycles. The third-order valence-electron chi connectivity index (χ3n) is 3.98. The zero-order valence-electron chi connectivity index (χ0n) is 14.9. The Labute approximate surface area is 170 Å². The topological polar surface area (TPSA) is 68.0 Å². The van der Waals surface area contributed by atoms with Crippen LogP contribution in [0.2, 0.25) is 0 Å². The maximum absolute atomic E-state index is 12.5. The van der Waals surface area contributed by atoms with Crippen molar-refractivity contribution in [1.82, 2.24) is 9.97 Å². The molecular formula is C21H17N3O2S2. The molecule has 4 rings (SSSR count). The highest BCUT2D eigenvalue weighted by Gasteiger charge is 2.15. The monoisotopic (exact) mass is 407 g/mol. The summed E-state index contributed by atoms with van der Waals surface area (Å²) < 4.78 is 5.91. The summed E-state index contributed by atoms with van der Waals surface area (Å²) in [7, 11) is 0. The molecule has 1 N–H and O–H groups in total. The second-order valence-electron chi connectivity index (χ2n) is 5.89. The summed E-state index contributed by atoms with van der Waals surface area (Å²) in [5.74, 6) is 0.912. The lowest BCUT2D eigenvalue weighted by molar-refractivity contribution is -0.113. The smallest absolute Gasteiger partial charge is 0.234 e. The highest BCUT2D eigenvalue weighted by atomic mass is 32.2. The molecule has 0 atom stereocenters. The van der Waals surface area contributed by atoms with Gasteiger partial charge < -0.3 is 9.73 Å². The number of carbonyl (C=O) groups is 1. The van der Waals surface area contributed by atoms with Crippen LogP contribution in [0.15, 0.2) is 81.9 Å². The number of para-hydroxylation sites is 2. The van der Waals surface area contributed by atoms with Gasteiger partial charge in [0, 0.05) is 16.0 Å². The van der Waals surface area contributed by atoms with Crippen LogP contribution in [0.4, 0.5) is 5.69 Å². The highest BCUT2D eigenvalue weighted by Crippen LogP contribution is 2.32. The lowest BCUT2D eigenvalue weighted by Gasteiger charge is -2.09. The van der Waals surface area contributed by atoms with E-state index in [4.69, 9.17) is 4.42 Å². The van der Waals surface area contributed by atoms with Gasteiger partial charge in [-0.2, -0.15) is 0 Å². The fraction of sp³-hybridized carbons (Fsp3) is 0.0952. The van der Waals surface area contributed by atoms with Crippen LogP contribution in [0.1, 0.15) is 0 Å². The predicted octanol–water partition coefficient (Wildman–Crippen LogP) is 5.38. The van der Waals surface area contributed by atoms with E-state index in [9.17, 15) is 4.79 Å². The number of rotatable bonds is 7. The van der Waals surface area contributed by atoms with Crippen LogP contribution in [0, 0.1) is 0 Å². The highest BCUT2D eigenvalue weighted by molar-refractivity contribution is 8.00. The van der Waals surface area contributed by atoms with E-state index in [1.165, 1.54) is 18.1 Å². The Balaban J connectivity index is 1.49. The van der Waals surface area contributed by atoms with Crippen LogP contribution in [0.3, 0.4) is 0 Å². The summed E-state index contributed by atoms with van der Waals surface area (Å²) in [6.45, 7) is 3.74. The van der Waals surface area contributed by atoms with Crippen LogP contribution < -0.4 is 5.32 Å². The lowest BCUT2D eigenvalue weighted by atomic mass is 10.2. The van der Waals surface area contributed by atoms with E-state index in [0.29, 0.717) is 10.6 Å². The predicted molar refractivity (Wildman–Crippen MR) is 116 cm³/mol. The van der Waals surface area contributed by atoms with E-state index in [1.54, 1.807) is 11.8 Å². The molecular weight excluding hydrogens is 390 g/mol. The fourth-order valence-corrected chi connectivity index (χ4v) is 4.25. The summed E-state index contributed by atoms with van der Waals surface area (Å²) in [6, 6.07) is 15.5. The molecule has 0 aliphatic rings. The fourth-order valence-electron chi connectivity index (χ4n) is 2.77. The maximum atomic E-state index is 12.5. The number of carbonyl (C=O) groups excluding carboxylic acids is 1. The van der Waals surface area contributed by atoms with E-state index >= 15 is 0 Å². The maximum Gasteiger partial charge on any atom is 0.234 e. The van der Waals surface area contributed by atoms with Gasteiger partial charge in [-0.05, 0) is 24.3 Å². The molecule has 1 amide bonds. The molecule has 7 heteroatoms. The van der Waals surface area contributed by atoms with Crippen LogP contribution in [0.5, 0.6) is 0 Å². The summed E-state index contributed by atoms with van der Waals surface area (Å²) in [4.78, 5) is 22.1. The molecule has 0 radical (unpaired) electrons. The Morgan fingerprint density at radius 1 is 1.11 bits per heavy atom. The van der Waals surface area contributed by atoms with Crippen molar-refractivity contribution in [3.8, 4) is 0 Å². The van der Waals surface area contributed by atoms with Crippen LogP contribution in [-0.2, 0) is 4.79 Å². The molecule has 0 fully saturated rings. The Morgan fingerprint density at radius 3 is 2.82 bits per heavy atom. The minimum atomic E-state index is -0.0977. The Bertz CT molecular complexity index is 1160. The first-order chi connectivity index (χ1) is 13.8. The average Bonchev–Trinajstić information content (AvgIpc) is 3.11. The number of thioether (sulfide) groups is 2. The quantitative estimate of drug-likeness (QED) is 0.252. The van der Waals surface area contributed by atoms with Gasteiger partial charge in [0.25, 0.3) is 0 Å². The molecule has 0 saturated heterocycles. The molecule has 2 aromatic carbocycles. The number of hydrogen-bond acceptors (Lipinski definition) is 6. The van der Waals surface area contributed by atoms with Crippen molar-refractivity contribution in [2.75, 3.05) is 16.8 Å². The van der Waals surface area contributed by atoms with Crippen molar-refractivity contribution in [3.63, 3.8) is 0 Å². The van der Waals surface area contributed by atoms with E-state index in [-0.39, 0.29) is 11.7 Å². The Hall–Kier alpha value is -2.77. The zero-order chi connectivity index (χ0) is 19.3. The molecule has 0 unspecified atom stereocenters. The molecule has 5 nitrogen and oxygen atoms in total. The lowest BCUT2D eigenvalue weighted by Crippen LogP contribution is -2.14. The van der Waals surface area contributed by atoms with Gasteiger partial charge in [-0.15, -0.1) is 18.3 Å². The molecule has 2 aromatic heterocycles. The molecule has 0 bridgehead atoms. The minimum Gasteiger partial charge on any atom is -0.451 e. The van der Waals surface area contributed by atoms with Gasteiger partial charge >= 0.3 is 0 Å². The minimum absolute atomic E-state index is 0.0977. The largest absolute Gasteiger partial charge is 0.451 e. The SMILES string of the molecule is C=CCSc1ccccc1NC(=O)CSc1ncnc2c1oc1ccccc12. The van der Waals surface area contributed by atoms with E-state index in [0.717, 1.165) is 32.8 Å². The first kappa shape index (κ1) is 18.6. The van der Waals surface area contributed by atoms with Gasteiger partial charge in [-0.25, -0.2) is 9.97 Å². The summed E-state index contributed by atoms with van der Waals surface area (Å²) in [5.41, 5.74) is 2.94. The first-order valence-corrected chi connectivity index (χ1v) is 10.6. The van der Waals surface area contributed by atoms with Gasteiger partial charge in [0.15, 0.2) is 5.58 Å². The van der Waals surface area contributed by atoms with E-state index < -0.39 is 0 Å². The number of amides is 1. The van der Waals surface area contributed by atoms with Crippen molar-refractivity contribution >= 4 is 57.2 Å². The molecule has 0 aliphatic carbocycles. The van der Waals surface area contributed by atoms with Crippen molar-refractivity contribution < 1.29 is 9.21 Å². The second kappa shape index (κ2) is 8.50. The summed E-state index contributed by atoms with van der Waals surface area (Å²) in [5, 5.41) is 4.58. The number of hydrogen-bond donors (Lipinski definition) is 1. The number of benzene rings is 2. The van der Waals surface area contributed by atoms with Crippen LogP contribution in [-0.4, -0.2) is 27.4 Å². The normalized spacial score (nSPS) is 11.0. The van der Waals surface area contributed by atoms with Gasteiger partial charge in [-0.1, -0.05) is 42.1 Å². The Morgan fingerprint density at radius 2 is 1.93 bits per heavy atom. The van der Waals surface area contributed by atoms with Gasteiger partial charge in [0.2, 0.25) is 5.91 Å².